The molecule has 0 radical (unpaired) electrons. The standard InChI is InChI=1S/C48H31N3/c1-2-12-34(13-3-1)51-46-21-11-7-17-39(46)40-27-24-32(30-47(40)51)33-28-41(48-42(29-33)36-14-4-8-18-43(36)49-48)31-22-25-35(26-23-31)50-44-19-9-5-15-37(44)38-16-6-10-20-45(38)50/h1-30,49H. The molecule has 0 aliphatic carbocycles. The molecular formula is C48H31N3. The minimum absolute atomic E-state index is 1.15. The molecule has 0 unspecified atom stereocenters. The fraction of sp³-hybridized carbons (Fsp3) is 0. The average Bonchev–Trinajstić information content (AvgIpc) is 3.85. The summed E-state index contributed by atoms with van der Waals surface area (Å²) in [5.74, 6) is 0. The van der Waals surface area contributed by atoms with Gasteiger partial charge in [0, 0.05) is 54.8 Å². The first-order valence-corrected chi connectivity index (χ1v) is 17.5. The number of aromatic nitrogens is 3. The van der Waals surface area contributed by atoms with Crippen molar-refractivity contribution in [2.24, 2.45) is 0 Å². The second-order valence-corrected chi connectivity index (χ2v) is 13.5. The molecule has 0 saturated carbocycles. The van der Waals surface area contributed by atoms with Crippen LogP contribution >= 0.6 is 0 Å². The Morgan fingerprint density at radius 1 is 0.314 bits per heavy atom. The van der Waals surface area contributed by atoms with Gasteiger partial charge in [0.25, 0.3) is 0 Å². The lowest BCUT2D eigenvalue weighted by Crippen LogP contribution is -1.94. The second-order valence-electron chi connectivity index (χ2n) is 13.5. The third-order valence-electron chi connectivity index (χ3n) is 10.7. The Hall–Kier alpha value is -6.84. The lowest BCUT2D eigenvalue weighted by Gasteiger charge is -2.12. The van der Waals surface area contributed by atoms with Gasteiger partial charge < -0.3 is 14.1 Å². The van der Waals surface area contributed by atoms with E-state index in [0.717, 1.165) is 22.4 Å². The second kappa shape index (κ2) is 10.8. The molecule has 238 valence electrons. The summed E-state index contributed by atoms with van der Waals surface area (Å²) in [5.41, 5.74) is 14.2. The largest absolute Gasteiger partial charge is 0.354 e. The van der Waals surface area contributed by atoms with Gasteiger partial charge in [-0.2, -0.15) is 0 Å². The number of H-pyrrole nitrogens is 1. The summed E-state index contributed by atoms with van der Waals surface area (Å²) in [4.78, 5) is 3.78. The minimum atomic E-state index is 1.15. The molecule has 1 N–H and O–H groups in total. The van der Waals surface area contributed by atoms with Crippen molar-refractivity contribution in [1.29, 1.82) is 0 Å². The molecule has 3 heteroatoms. The molecule has 0 fully saturated rings. The summed E-state index contributed by atoms with van der Waals surface area (Å²) in [7, 11) is 0. The molecule has 3 nitrogen and oxygen atoms in total. The number of hydrogen-bond donors (Lipinski definition) is 1. The first kappa shape index (κ1) is 28.0. The topological polar surface area (TPSA) is 25.6 Å². The van der Waals surface area contributed by atoms with Crippen molar-refractivity contribution in [1.82, 2.24) is 14.1 Å². The summed E-state index contributed by atoms with van der Waals surface area (Å²) in [6.45, 7) is 0. The van der Waals surface area contributed by atoms with Gasteiger partial charge in [0.1, 0.15) is 0 Å². The Kier molecular flexibility index (Phi) is 5.96. The van der Waals surface area contributed by atoms with Gasteiger partial charge in [-0.15, -0.1) is 0 Å². The van der Waals surface area contributed by atoms with Crippen molar-refractivity contribution >= 4 is 65.4 Å². The van der Waals surface area contributed by atoms with E-state index in [9.17, 15) is 0 Å². The smallest absolute Gasteiger partial charge is 0.0547 e. The Morgan fingerprint density at radius 3 is 1.49 bits per heavy atom. The fourth-order valence-electron chi connectivity index (χ4n) is 8.34. The van der Waals surface area contributed by atoms with Crippen LogP contribution in [0.3, 0.4) is 0 Å². The van der Waals surface area contributed by atoms with Crippen molar-refractivity contribution in [3.05, 3.63) is 182 Å². The first-order chi connectivity index (χ1) is 25.3. The van der Waals surface area contributed by atoms with Crippen LogP contribution in [0.4, 0.5) is 0 Å². The summed E-state index contributed by atoms with van der Waals surface area (Å²) in [6.07, 6.45) is 0. The van der Waals surface area contributed by atoms with Gasteiger partial charge in [0.05, 0.1) is 27.6 Å². The van der Waals surface area contributed by atoms with Gasteiger partial charge in [0.2, 0.25) is 0 Å². The van der Waals surface area contributed by atoms with Crippen molar-refractivity contribution in [3.8, 4) is 33.6 Å². The zero-order valence-electron chi connectivity index (χ0n) is 27.7. The molecule has 0 aliphatic heterocycles. The fourth-order valence-corrected chi connectivity index (χ4v) is 8.34. The SMILES string of the molecule is c1ccc(-n2c3ccccc3c3ccc(-c4cc(-c5ccc(-n6c7ccccc7c7ccccc76)cc5)c5[nH]c6ccccc6c5c4)cc32)cc1. The van der Waals surface area contributed by atoms with E-state index in [2.05, 4.69) is 196 Å². The van der Waals surface area contributed by atoms with Crippen molar-refractivity contribution in [2.45, 2.75) is 0 Å². The van der Waals surface area contributed by atoms with Crippen LogP contribution < -0.4 is 0 Å². The van der Waals surface area contributed by atoms with E-state index in [-0.39, 0.29) is 0 Å². The van der Waals surface area contributed by atoms with Crippen LogP contribution in [0.2, 0.25) is 0 Å². The van der Waals surface area contributed by atoms with Crippen LogP contribution in [0, 0.1) is 0 Å². The molecule has 3 heterocycles. The zero-order chi connectivity index (χ0) is 33.5. The van der Waals surface area contributed by atoms with E-state index in [4.69, 9.17) is 0 Å². The van der Waals surface area contributed by atoms with Crippen LogP contribution in [0.1, 0.15) is 0 Å². The Balaban J connectivity index is 1.12. The quantitative estimate of drug-likeness (QED) is 0.196. The predicted octanol–water partition coefficient (Wildman–Crippen LogP) is 12.8. The predicted molar refractivity (Wildman–Crippen MR) is 215 cm³/mol. The minimum Gasteiger partial charge on any atom is -0.354 e. The van der Waals surface area contributed by atoms with E-state index in [0.29, 0.717) is 0 Å². The maximum Gasteiger partial charge on any atom is 0.0547 e. The van der Waals surface area contributed by atoms with Crippen LogP contribution in [0.5, 0.6) is 0 Å². The Morgan fingerprint density at radius 2 is 0.824 bits per heavy atom. The lowest BCUT2D eigenvalue weighted by molar-refractivity contribution is 1.18. The van der Waals surface area contributed by atoms with Crippen molar-refractivity contribution in [2.75, 3.05) is 0 Å². The van der Waals surface area contributed by atoms with Crippen LogP contribution in [-0.2, 0) is 0 Å². The first-order valence-electron chi connectivity index (χ1n) is 17.5. The van der Waals surface area contributed by atoms with E-state index in [1.54, 1.807) is 0 Å². The normalized spacial score (nSPS) is 11.9. The maximum absolute atomic E-state index is 3.78. The Labute approximate surface area is 294 Å². The highest BCUT2D eigenvalue weighted by Gasteiger charge is 2.17. The molecule has 0 aliphatic rings. The van der Waals surface area contributed by atoms with Crippen LogP contribution in [0.15, 0.2) is 182 Å². The van der Waals surface area contributed by atoms with Crippen molar-refractivity contribution in [3.63, 3.8) is 0 Å². The molecule has 51 heavy (non-hydrogen) atoms. The molecule has 0 atom stereocenters. The maximum atomic E-state index is 3.78. The van der Waals surface area contributed by atoms with Gasteiger partial charge in [0.15, 0.2) is 0 Å². The number of nitrogens with one attached hydrogen (secondary N) is 1. The number of benzene rings is 8. The molecule has 8 aromatic carbocycles. The third-order valence-corrected chi connectivity index (χ3v) is 10.7. The van der Waals surface area contributed by atoms with Crippen LogP contribution in [0.25, 0.3) is 99.0 Å². The molecule has 0 amide bonds. The van der Waals surface area contributed by atoms with Crippen LogP contribution in [-0.4, -0.2) is 14.1 Å². The molecular weight excluding hydrogens is 619 g/mol. The highest BCUT2D eigenvalue weighted by molar-refractivity contribution is 6.15. The van der Waals surface area contributed by atoms with Gasteiger partial charge in [-0.1, -0.05) is 115 Å². The van der Waals surface area contributed by atoms with Gasteiger partial charge >= 0.3 is 0 Å². The number of hydrogen-bond acceptors (Lipinski definition) is 0. The van der Waals surface area contributed by atoms with Gasteiger partial charge in [-0.3, -0.25) is 0 Å². The number of aromatic amines is 1. The van der Waals surface area contributed by atoms with E-state index in [1.165, 1.54) is 76.6 Å². The van der Waals surface area contributed by atoms with Crippen molar-refractivity contribution < 1.29 is 0 Å². The number of fused-ring (bicyclic) bond motifs is 9. The molecule has 0 spiro atoms. The highest BCUT2D eigenvalue weighted by Crippen LogP contribution is 2.41. The third kappa shape index (κ3) is 4.19. The van der Waals surface area contributed by atoms with E-state index >= 15 is 0 Å². The zero-order valence-corrected chi connectivity index (χ0v) is 27.7. The molecule has 11 rings (SSSR count). The summed E-state index contributed by atoms with van der Waals surface area (Å²) < 4.78 is 4.77. The lowest BCUT2D eigenvalue weighted by atomic mass is 9.95. The average molecular weight is 650 g/mol. The van der Waals surface area contributed by atoms with Gasteiger partial charge in [-0.05, 0) is 83.4 Å². The monoisotopic (exact) mass is 649 g/mol. The number of nitrogens with zero attached hydrogens (tertiary/aromatic N) is 2. The molecule has 0 saturated heterocycles. The summed E-state index contributed by atoms with van der Waals surface area (Å²) >= 11 is 0. The van der Waals surface area contributed by atoms with E-state index < -0.39 is 0 Å². The van der Waals surface area contributed by atoms with Gasteiger partial charge in [-0.25, -0.2) is 0 Å². The summed E-state index contributed by atoms with van der Waals surface area (Å²) in [5, 5.41) is 7.53. The summed E-state index contributed by atoms with van der Waals surface area (Å²) in [6, 6.07) is 66.2. The molecule has 0 bridgehead atoms. The molecule has 11 aromatic rings. The highest BCUT2D eigenvalue weighted by atomic mass is 15.0. The number of rotatable bonds is 4. The van der Waals surface area contributed by atoms with E-state index in [1.807, 2.05) is 0 Å². The Bertz CT molecular complexity index is 3070. The number of para-hydroxylation sites is 5. The molecule has 3 aromatic heterocycles.